The molecule has 1 atom stereocenters. The van der Waals surface area contributed by atoms with Crippen LogP contribution in [0.4, 0.5) is 30.8 Å². The second kappa shape index (κ2) is 12.8. The number of amides is 2. The summed E-state index contributed by atoms with van der Waals surface area (Å²) in [6.07, 6.45) is 7.18. The summed E-state index contributed by atoms with van der Waals surface area (Å²) in [4.78, 5) is 36.4. The number of para-hydroxylation sites is 1. The highest BCUT2D eigenvalue weighted by molar-refractivity contribution is 6.03. The number of aromatic nitrogens is 1. The molecule has 3 aliphatic heterocycles. The van der Waals surface area contributed by atoms with Gasteiger partial charge in [0.05, 0.1) is 17.5 Å². The number of nitrogens with one attached hydrogen (secondary N) is 1. The Bertz CT molecular complexity index is 1400. The number of allylic oxidation sites excluding steroid dienone is 2. The van der Waals surface area contributed by atoms with Crippen LogP contribution < -0.4 is 15.1 Å². The van der Waals surface area contributed by atoms with Crippen LogP contribution in [0.15, 0.2) is 66.6 Å². The molecule has 6 rings (SSSR count). The highest BCUT2D eigenvalue weighted by Crippen LogP contribution is 2.39. The molecule has 2 fully saturated rings. The van der Waals surface area contributed by atoms with Gasteiger partial charge in [0.2, 0.25) is 0 Å². The first-order valence-corrected chi connectivity index (χ1v) is 15.6. The van der Waals surface area contributed by atoms with E-state index in [0.29, 0.717) is 63.1 Å². The Kier molecular flexibility index (Phi) is 8.72. The molecule has 4 heterocycles. The summed E-state index contributed by atoms with van der Waals surface area (Å²) in [6.45, 7) is 6.25. The quantitative estimate of drug-likeness (QED) is 0.393. The van der Waals surface area contributed by atoms with Crippen LogP contribution in [-0.2, 0) is 20.7 Å². The maximum atomic E-state index is 15.0. The molecule has 0 radical (unpaired) electrons. The summed E-state index contributed by atoms with van der Waals surface area (Å²) in [7, 11) is 0. The van der Waals surface area contributed by atoms with E-state index >= 15 is 8.78 Å². The van der Waals surface area contributed by atoms with Crippen molar-refractivity contribution in [1.29, 1.82) is 0 Å². The van der Waals surface area contributed by atoms with Gasteiger partial charge in [0.15, 0.2) is 12.0 Å². The predicted octanol–water partition coefficient (Wildman–Crippen LogP) is 5.89. The van der Waals surface area contributed by atoms with E-state index in [2.05, 4.69) is 32.7 Å². The zero-order valence-corrected chi connectivity index (χ0v) is 24.9. The molecule has 0 spiro atoms. The lowest BCUT2D eigenvalue weighted by Gasteiger charge is -2.35. The van der Waals surface area contributed by atoms with E-state index in [1.54, 1.807) is 17.0 Å². The normalized spacial score (nSPS) is 21.0. The second-order valence-corrected chi connectivity index (χ2v) is 11.8. The van der Waals surface area contributed by atoms with E-state index in [1.807, 2.05) is 18.2 Å². The number of benzene rings is 1. The van der Waals surface area contributed by atoms with Gasteiger partial charge in [-0.2, -0.15) is 8.78 Å². The van der Waals surface area contributed by atoms with Crippen molar-refractivity contribution in [1.82, 2.24) is 9.88 Å². The summed E-state index contributed by atoms with van der Waals surface area (Å²) in [5.41, 5.74) is 2.17. The Labute approximate surface area is 256 Å². The Balaban J connectivity index is 1.12. The van der Waals surface area contributed by atoms with Gasteiger partial charge >= 0.3 is 6.09 Å². The number of hydrogen-bond donors (Lipinski definition) is 1. The number of pyridine rings is 1. The molecule has 0 bridgehead atoms. The largest absolute Gasteiger partial charge is 0.465 e. The van der Waals surface area contributed by atoms with Crippen LogP contribution in [-0.4, -0.2) is 72.9 Å². The van der Waals surface area contributed by atoms with Gasteiger partial charge < -0.3 is 29.5 Å². The van der Waals surface area contributed by atoms with Crippen LogP contribution in [0.25, 0.3) is 0 Å². The van der Waals surface area contributed by atoms with Crippen molar-refractivity contribution in [3.63, 3.8) is 0 Å². The van der Waals surface area contributed by atoms with Crippen LogP contribution in [0.2, 0.25) is 0 Å². The van der Waals surface area contributed by atoms with E-state index in [-0.39, 0.29) is 30.0 Å². The first-order valence-electron chi connectivity index (χ1n) is 15.6. The third-order valence-electron chi connectivity index (χ3n) is 8.98. The highest BCUT2D eigenvalue weighted by atomic mass is 19.3. The zero-order valence-electron chi connectivity index (χ0n) is 24.9. The topological polar surface area (TPSA) is 87.2 Å². The number of alkyl halides is 2. The molecule has 2 aromatic rings. The van der Waals surface area contributed by atoms with Crippen LogP contribution >= 0.6 is 0 Å². The molecule has 1 N–H and O–H groups in total. The number of nitrogens with zero attached hydrogens (tertiary/aromatic N) is 4. The fourth-order valence-corrected chi connectivity index (χ4v) is 6.52. The molecule has 11 heteroatoms. The summed E-state index contributed by atoms with van der Waals surface area (Å²) in [5, 5.41) is 2.72. The van der Waals surface area contributed by atoms with Crippen molar-refractivity contribution in [2.24, 2.45) is 0 Å². The van der Waals surface area contributed by atoms with E-state index in [0.717, 1.165) is 37.8 Å². The molecule has 9 nitrogen and oxygen atoms in total. The van der Waals surface area contributed by atoms with Crippen LogP contribution in [0.1, 0.15) is 50.5 Å². The lowest BCUT2D eigenvalue weighted by molar-refractivity contribution is -0.117. The van der Waals surface area contributed by atoms with Gasteiger partial charge in [-0.15, -0.1) is 0 Å². The Morgan fingerprint density at radius 1 is 1.00 bits per heavy atom. The number of fused-ring (bicyclic) bond motifs is 1. The molecule has 1 aromatic carbocycles. The minimum Gasteiger partial charge on any atom is -0.465 e. The summed E-state index contributed by atoms with van der Waals surface area (Å²) >= 11 is 0. The number of carbonyl (C=O) groups is 2. The van der Waals surface area contributed by atoms with Crippen LogP contribution in [0.5, 0.6) is 0 Å². The van der Waals surface area contributed by atoms with Crippen molar-refractivity contribution in [2.75, 3.05) is 47.8 Å². The first kappa shape index (κ1) is 29.9. The molecule has 1 saturated carbocycles. The Morgan fingerprint density at radius 3 is 2.50 bits per heavy atom. The van der Waals surface area contributed by atoms with E-state index < -0.39 is 18.1 Å². The molecule has 4 aliphatic rings. The lowest BCUT2D eigenvalue weighted by Crippen LogP contribution is -2.49. The fourth-order valence-electron chi connectivity index (χ4n) is 6.52. The molecule has 1 aromatic heterocycles. The number of rotatable bonds is 7. The molecule has 1 aliphatic carbocycles. The van der Waals surface area contributed by atoms with Gasteiger partial charge in [-0.05, 0) is 74.8 Å². The smallest absolute Gasteiger partial charge is 0.410 e. The number of anilines is 3. The maximum absolute atomic E-state index is 15.0. The SMILES string of the molecule is C=CC(F)(F)C1=C(C(=O)Nc2ccc(N3CCN(C(=O)OC4CCCC4)CC3)nc2)OC(N2CCc3ccccc32)CCC1. The number of halogens is 2. The average molecular weight is 608 g/mol. The van der Waals surface area contributed by atoms with Gasteiger partial charge in [0.25, 0.3) is 11.8 Å². The maximum Gasteiger partial charge on any atom is 0.410 e. The monoisotopic (exact) mass is 607 g/mol. The summed E-state index contributed by atoms with van der Waals surface area (Å²) in [5.74, 6) is -3.81. The Hall–Kier alpha value is -4.15. The summed E-state index contributed by atoms with van der Waals surface area (Å²) < 4.78 is 41.9. The Morgan fingerprint density at radius 2 is 1.77 bits per heavy atom. The standard InChI is InChI=1S/C33H39F2N5O4/c1-2-33(34,35)26-11-7-13-29(40-17-16-23-8-3-6-12-27(23)40)44-30(26)31(41)37-24-14-15-28(36-22-24)38-18-20-39(21-19-38)32(42)43-25-9-4-5-10-25/h2-3,6,8,12,14-15,22,25,29H,1,4-5,7,9-11,13,16-21H2,(H,37,41). The van der Waals surface area contributed by atoms with Crippen molar-refractivity contribution in [3.05, 3.63) is 72.1 Å². The third kappa shape index (κ3) is 6.37. The van der Waals surface area contributed by atoms with Gasteiger partial charge in [-0.1, -0.05) is 24.8 Å². The second-order valence-electron chi connectivity index (χ2n) is 11.8. The van der Waals surface area contributed by atoms with Gasteiger partial charge in [-0.25, -0.2) is 9.78 Å². The van der Waals surface area contributed by atoms with Crippen molar-refractivity contribution in [3.8, 4) is 0 Å². The minimum atomic E-state index is -3.39. The molecule has 44 heavy (non-hydrogen) atoms. The van der Waals surface area contributed by atoms with Crippen LogP contribution in [0, 0.1) is 0 Å². The first-order chi connectivity index (χ1) is 21.3. The number of carbonyl (C=O) groups excluding carboxylic acids is 2. The molecule has 1 unspecified atom stereocenters. The van der Waals surface area contributed by atoms with Crippen molar-refractivity contribution >= 4 is 29.2 Å². The molecular formula is C33H39F2N5O4. The molecule has 1 saturated heterocycles. The van der Waals surface area contributed by atoms with Crippen LogP contribution in [0.3, 0.4) is 0 Å². The number of ether oxygens (including phenoxy) is 2. The zero-order chi connectivity index (χ0) is 30.7. The van der Waals surface area contributed by atoms with Crippen molar-refractivity contribution < 1.29 is 27.8 Å². The average Bonchev–Trinajstić information content (AvgIpc) is 3.66. The fraction of sp³-hybridized carbons (Fsp3) is 0.485. The molecule has 234 valence electrons. The van der Waals surface area contributed by atoms with E-state index in [1.165, 1.54) is 11.8 Å². The van der Waals surface area contributed by atoms with E-state index in [4.69, 9.17) is 9.47 Å². The third-order valence-corrected chi connectivity index (χ3v) is 8.98. The highest BCUT2D eigenvalue weighted by Gasteiger charge is 2.40. The van der Waals surface area contributed by atoms with E-state index in [9.17, 15) is 9.59 Å². The van der Waals surface area contributed by atoms with Gasteiger partial charge in [0, 0.05) is 44.8 Å². The number of piperazine rings is 1. The lowest BCUT2D eigenvalue weighted by atomic mass is 10.0. The number of hydrogen-bond acceptors (Lipinski definition) is 7. The molecule has 2 amide bonds. The van der Waals surface area contributed by atoms with Gasteiger partial charge in [0.1, 0.15) is 11.9 Å². The van der Waals surface area contributed by atoms with Gasteiger partial charge in [-0.3, -0.25) is 4.79 Å². The minimum absolute atomic E-state index is 0.0190. The predicted molar refractivity (Wildman–Crippen MR) is 164 cm³/mol. The van der Waals surface area contributed by atoms with Crippen molar-refractivity contribution in [2.45, 2.75) is 69.6 Å². The molecular weight excluding hydrogens is 568 g/mol. The summed E-state index contributed by atoms with van der Waals surface area (Å²) in [6, 6.07) is 11.4.